The molecule has 5 rings (SSSR count). The molecule has 230 valence electrons. The predicted octanol–water partition coefficient (Wildman–Crippen LogP) is 6.12. The fourth-order valence-corrected chi connectivity index (χ4v) is 6.68. The van der Waals surface area contributed by atoms with Crippen molar-refractivity contribution in [2.75, 3.05) is 13.1 Å². The summed E-state index contributed by atoms with van der Waals surface area (Å²) in [5.74, 6) is 0.663. The van der Waals surface area contributed by atoms with Crippen molar-refractivity contribution in [2.24, 2.45) is 5.41 Å². The van der Waals surface area contributed by atoms with Crippen LogP contribution in [0.5, 0.6) is 0 Å². The first-order chi connectivity index (χ1) is 19.6. The highest BCUT2D eigenvalue weighted by atomic mass is 28.4. The zero-order valence-corrected chi connectivity index (χ0v) is 27.1. The third-order valence-electron chi connectivity index (χ3n) is 8.97. The number of carbonyl (C=O) groups excluding carboxylic acids is 2. The number of hydroxylamine groups is 2. The molecule has 1 aliphatic carbocycles. The van der Waals surface area contributed by atoms with E-state index in [4.69, 9.17) is 18.4 Å². The largest absolute Gasteiger partial charge is 0.444 e. The molecule has 1 N–H and O–H groups in total. The molecule has 11 nitrogen and oxygen atoms in total. The van der Waals surface area contributed by atoms with Crippen LogP contribution in [0.2, 0.25) is 18.1 Å². The number of carbonyl (C=O) groups is 2. The second kappa shape index (κ2) is 10.9. The van der Waals surface area contributed by atoms with Gasteiger partial charge in [0, 0.05) is 6.54 Å². The van der Waals surface area contributed by atoms with Crippen LogP contribution in [0.3, 0.4) is 0 Å². The highest BCUT2D eigenvalue weighted by molar-refractivity contribution is 6.74. The van der Waals surface area contributed by atoms with Crippen LogP contribution in [0.1, 0.15) is 90.3 Å². The number of urea groups is 1. The number of benzene rings is 1. The average Bonchev–Trinajstić information content (AvgIpc) is 3.36. The molecule has 1 aromatic carbocycles. The molecule has 2 aromatic rings. The molecule has 2 bridgehead atoms. The Kier molecular flexibility index (Phi) is 7.95. The molecule has 3 heterocycles. The van der Waals surface area contributed by atoms with Gasteiger partial charge in [0.1, 0.15) is 24.4 Å². The Balaban J connectivity index is 1.34. The molecule has 42 heavy (non-hydrogen) atoms. The third kappa shape index (κ3) is 6.35. The van der Waals surface area contributed by atoms with Gasteiger partial charge in [-0.1, -0.05) is 51.1 Å². The van der Waals surface area contributed by atoms with E-state index < -0.39 is 26.1 Å². The highest BCUT2D eigenvalue weighted by Gasteiger charge is 2.64. The first kappa shape index (κ1) is 30.5. The number of ether oxygens (including phenoxy) is 1. The Morgan fingerprint density at radius 2 is 1.83 bits per heavy atom. The quantitative estimate of drug-likeness (QED) is 0.343. The van der Waals surface area contributed by atoms with Gasteiger partial charge in [0.2, 0.25) is 11.8 Å². The number of alkyl carbamates (subject to hydrolysis) is 1. The van der Waals surface area contributed by atoms with Crippen LogP contribution in [-0.2, 0) is 20.6 Å². The molecule has 3 amide bonds. The Labute approximate surface area is 249 Å². The standard InChI is InChI=1S/C30H45N5O6Si/c1-28(2,3)40-26(36)31-17-22(41-42(7,8)29(4,5)6)25-33-32-24(39-25)21-16-30(14-15-30)23-18-34(21)27(37)35(23)38-19-20-12-10-9-11-13-20/h9-13,21-23H,14-19H2,1-8H3,(H,31,36)/t21-,22?,23+/m0/s1. The van der Waals surface area contributed by atoms with E-state index in [2.05, 4.69) is 49.4 Å². The van der Waals surface area contributed by atoms with Gasteiger partial charge in [0.05, 0.1) is 12.6 Å². The molecule has 3 fully saturated rings. The Hall–Kier alpha value is -2.96. The molecule has 1 spiro atoms. The smallest absolute Gasteiger partial charge is 0.407 e. The van der Waals surface area contributed by atoms with Crippen molar-refractivity contribution in [3.05, 3.63) is 47.7 Å². The van der Waals surface area contributed by atoms with Crippen LogP contribution >= 0.6 is 0 Å². The molecule has 1 unspecified atom stereocenters. The molecule has 2 aliphatic heterocycles. The number of hydrogen-bond donors (Lipinski definition) is 1. The SMILES string of the molecule is CC(C)(C)OC(=O)NCC(O[Si](C)(C)C(C)(C)C)c1nnc([C@@H]2CC3(CC3)[C@H]3CN2C(=O)N3OCc2ccccc2)o1. The lowest BCUT2D eigenvalue weighted by Crippen LogP contribution is -2.44. The van der Waals surface area contributed by atoms with E-state index in [1.165, 1.54) is 0 Å². The van der Waals surface area contributed by atoms with E-state index >= 15 is 0 Å². The zero-order chi connectivity index (χ0) is 30.5. The van der Waals surface area contributed by atoms with Gasteiger partial charge in [-0.25, -0.2) is 9.59 Å². The van der Waals surface area contributed by atoms with Gasteiger partial charge in [-0.15, -0.1) is 10.2 Å². The van der Waals surface area contributed by atoms with Crippen LogP contribution in [0.15, 0.2) is 34.7 Å². The lowest BCUT2D eigenvalue weighted by Gasteiger charge is -2.38. The van der Waals surface area contributed by atoms with Crippen molar-refractivity contribution in [1.29, 1.82) is 0 Å². The fourth-order valence-electron chi connectivity index (χ4n) is 5.43. The molecule has 1 saturated carbocycles. The van der Waals surface area contributed by atoms with Crippen molar-refractivity contribution in [2.45, 2.75) is 109 Å². The molecular weight excluding hydrogens is 554 g/mol. The van der Waals surface area contributed by atoms with E-state index in [0.717, 1.165) is 24.8 Å². The summed E-state index contributed by atoms with van der Waals surface area (Å²) in [7, 11) is -2.29. The summed E-state index contributed by atoms with van der Waals surface area (Å²) in [6, 6.07) is 9.33. The van der Waals surface area contributed by atoms with E-state index in [1.54, 1.807) is 9.96 Å². The normalized spacial score (nSPS) is 22.4. The minimum Gasteiger partial charge on any atom is -0.444 e. The third-order valence-corrected chi connectivity index (χ3v) is 13.5. The van der Waals surface area contributed by atoms with Gasteiger partial charge >= 0.3 is 12.1 Å². The first-order valence-corrected chi connectivity index (χ1v) is 17.7. The maximum atomic E-state index is 13.6. The number of amides is 3. The second-order valence-electron chi connectivity index (χ2n) is 14.3. The summed E-state index contributed by atoms with van der Waals surface area (Å²) >= 11 is 0. The summed E-state index contributed by atoms with van der Waals surface area (Å²) in [6.45, 7) is 17.2. The minimum absolute atomic E-state index is 0.0000457. The zero-order valence-electron chi connectivity index (χ0n) is 26.1. The lowest BCUT2D eigenvalue weighted by molar-refractivity contribution is -0.153. The average molecular weight is 600 g/mol. The van der Waals surface area contributed by atoms with Gasteiger partial charge < -0.3 is 23.8 Å². The maximum absolute atomic E-state index is 13.6. The van der Waals surface area contributed by atoms with Crippen molar-refractivity contribution < 1.29 is 28.0 Å². The summed E-state index contributed by atoms with van der Waals surface area (Å²) in [6.07, 6.45) is 1.58. The van der Waals surface area contributed by atoms with Gasteiger partial charge in [-0.3, -0.25) is 4.84 Å². The van der Waals surface area contributed by atoms with Crippen LogP contribution in [0, 0.1) is 5.41 Å². The Morgan fingerprint density at radius 1 is 1.14 bits per heavy atom. The van der Waals surface area contributed by atoms with E-state index in [9.17, 15) is 9.59 Å². The predicted molar refractivity (Wildman–Crippen MR) is 158 cm³/mol. The fraction of sp³-hybridized carbons (Fsp3) is 0.667. The van der Waals surface area contributed by atoms with E-state index in [1.807, 2.05) is 51.1 Å². The molecular formula is C30H45N5O6Si. The van der Waals surface area contributed by atoms with Crippen LogP contribution < -0.4 is 5.32 Å². The number of nitrogens with zero attached hydrogens (tertiary/aromatic N) is 4. The Morgan fingerprint density at radius 3 is 2.45 bits per heavy atom. The van der Waals surface area contributed by atoms with Crippen LogP contribution in [0.4, 0.5) is 9.59 Å². The van der Waals surface area contributed by atoms with Gasteiger partial charge in [-0.05, 0) is 69.1 Å². The van der Waals surface area contributed by atoms with Crippen molar-refractivity contribution in [3.63, 3.8) is 0 Å². The minimum atomic E-state index is -2.29. The number of nitrogens with one attached hydrogen (secondary N) is 1. The molecule has 3 atom stereocenters. The van der Waals surface area contributed by atoms with Crippen molar-refractivity contribution >= 4 is 20.4 Å². The van der Waals surface area contributed by atoms with E-state index in [0.29, 0.717) is 19.0 Å². The summed E-state index contributed by atoms with van der Waals surface area (Å²) < 4.78 is 18.4. The number of hydrogen-bond acceptors (Lipinski definition) is 8. The number of aromatic nitrogens is 2. The maximum Gasteiger partial charge on any atom is 0.407 e. The summed E-state index contributed by atoms with van der Waals surface area (Å²) in [4.78, 5) is 34.0. The van der Waals surface area contributed by atoms with Gasteiger partial charge in [0.15, 0.2) is 8.32 Å². The van der Waals surface area contributed by atoms with E-state index in [-0.39, 0.29) is 41.0 Å². The topological polar surface area (TPSA) is 119 Å². The number of piperidine rings is 1. The van der Waals surface area contributed by atoms with Crippen molar-refractivity contribution in [1.82, 2.24) is 25.5 Å². The first-order valence-electron chi connectivity index (χ1n) is 14.8. The monoisotopic (exact) mass is 599 g/mol. The van der Waals surface area contributed by atoms with Crippen LogP contribution in [0.25, 0.3) is 0 Å². The molecule has 3 aliphatic rings. The summed E-state index contributed by atoms with van der Waals surface area (Å²) in [5.41, 5.74) is 0.363. The van der Waals surface area contributed by atoms with Crippen LogP contribution in [-0.4, -0.2) is 65.3 Å². The van der Waals surface area contributed by atoms with Gasteiger partial charge in [0.25, 0.3) is 0 Å². The summed E-state index contributed by atoms with van der Waals surface area (Å²) in [5, 5.41) is 13.1. The number of fused-ring (bicyclic) bond motifs is 3. The van der Waals surface area contributed by atoms with Gasteiger partial charge in [-0.2, -0.15) is 5.06 Å². The molecule has 12 heteroatoms. The lowest BCUT2D eigenvalue weighted by atomic mass is 9.85. The highest BCUT2D eigenvalue weighted by Crippen LogP contribution is 2.61. The molecule has 0 radical (unpaired) electrons. The van der Waals surface area contributed by atoms with Crippen molar-refractivity contribution in [3.8, 4) is 0 Å². The number of rotatable bonds is 9. The molecule has 2 saturated heterocycles. The second-order valence-corrected chi connectivity index (χ2v) is 19.1. The Bertz CT molecular complexity index is 1280. The molecule has 1 aromatic heterocycles.